The smallest absolute Gasteiger partial charge is 0.254 e. The van der Waals surface area contributed by atoms with Crippen LogP contribution in [-0.2, 0) is 6.54 Å². The van der Waals surface area contributed by atoms with Crippen LogP contribution in [0.2, 0.25) is 0 Å². The number of benzene rings is 1. The molecule has 3 nitrogen and oxygen atoms in total. The van der Waals surface area contributed by atoms with E-state index in [0.717, 1.165) is 11.1 Å². The van der Waals surface area contributed by atoms with E-state index in [1.807, 2.05) is 13.0 Å². The third kappa shape index (κ3) is 2.37. The number of hydrogen-bond acceptors (Lipinski definition) is 2. The van der Waals surface area contributed by atoms with Crippen molar-refractivity contribution in [1.82, 2.24) is 4.90 Å². The van der Waals surface area contributed by atoms with Gasteiger partial charge in [-0.3, -0.25) is 4.79 Å². The molecule has 0 saturated carbocycles. The van der Waals surface area contributed by atoms with Crippen LogP contribution in [0.3, 0.4) is 0 Å². The van der Waals surface area contributed by atoms with Crippen LogP contribution >= 0.6 is 0 Å². The molecule has 0 unspecified atom stereocenters. The van der Waals surface area contributed by atoms with Crippen LogP contribution in [0, 0.1) is 0 Å². The molecule has 4 heteroatoms. The fourth-order valence-corrected chi connectivity index (χ4v) is 1.92. The lowest BCUT2D eigenvalue weighted by Crippen LogP contribution is -2.17. The van der Waals surface area contributed by atoms with E-state index in [-0.39, 0.29) is 12.5 Å². The molecule has 0 aliphatic carbocycles. The standard InChI is InChI=1S/C14H16FNO2/c1-3-10(7-15)9-18-12-4-5-13-11(6-12)8-16(2)14(13)17/h4-7H,3,8-9H2,1-2H3/b10-7+. The van der Waals surface area contributed by atoms with Crippen molar-refractivity contribution in [2.24, 2.45) is 0 Å². The van der Waals surface area contributed by atoms with E-state index < -0.39 is 0 Å². The molecule has 18 heavy (non-hydrogen) atoms. The normalized spacial score (nSPS) is 14.9. The Morgan fingerprint density at radius 3 is 3.00 bits per heavy atom. The molecule has 1 heterocycles. The SMILES string of the molecule is CC/C(=C\F)COc1ccc2c(c1)CN(C)C2=O. The number of carbonyl (C=O) groups excluding carboxylic acids is 1. The highest BCUT2D eigenvalue weighted by Gasteiger charge is 2.24. The molecular weight excluding hydrogens is 233 g/mol. The lowest BCUT2D eigenvalue weighted by atomic mass is 10.1. The average Bonchev–Trinajstić information content (AvgIpc) is 2.66. The van der Waals surface area contributed by atoms with Gasteiger partial charge in [0.25, 0.3) is 5.91 Å². The minimum Gasteiger partial charge on any atom is -0.489 e. The molecule has 0 aromatic heterocycles. The fourth-order valence-electron chi connectivity index (χ4n) is 1.92. The summed E-state index contributed by atoms with van der Waals surface area (Å²) in [6.07, 6.45) is 1.22. The van der Waals surface area contributed by atoms with E-state index in [9.17, 15) is 9.18 Å². The van der Waals surface area contributed by atoms with Gasteiger partial charge in [-0.15, -0.1) is 0 Å². The van der Waals surface area contributed by atoms with Gasteiger partial charge in [0.1, 0.15) is 12.4 Å². The molecule has 1 aliphatic heterocycles. The largest absolute Gasteiger partial charge is 0.489 e. The van der Waals surface area contributed by atoms with Crippen molar-refractivity contribution in [1.29, 1.82) is 0 Å². The topological polar surface area (TPSA) is 29.5 Å². The van der Waals surface area contributed by atoms with Gasteiger partial charge in [-0.25, -0.2) is 4.39 Å². The van der Waals surface area contributed by atoms with Gasteiger partial charge in [0.05, 0.1) is 6.33 Å². The monoisotopic (exact) mass is 249 g/mol. The van der Waals surface area contributed by atoms with Gasteiger partial charge in [0, 0.05) is 19.2 Å². The Morgan fingerprint density at radius 1 is 1.56 bits per heavy atom. The van der Waals surface area contributed by atoms with E-state index >= 15 is 0 Å². The quantitative estimate of drug-likeness (QED) is 0.821. The molecule has 1 aliphatic rings. The number of halogens is 1. The van der Waals surface area contributed by atoms with Crippen molar-refractivity contribution in [2.45, 2.75) is 19.9 Å². The summed E-state index contributed by atoms with van der Waals surface area (Å²) in [6, 6.07) is 5.37. The Hall–Kier alpha value is -1.84. The molecule has 1 aromatic carbocycles. The molecular formula is C14H16FNO2. The summed E-state index contributed by atoms with van der Waals surface area (Å²) in [4.78, 5) is 13.4. The minimum atomic E-state index is 0.0365. The Labute approximate surface area is 106 Å². The Bertz CT molecular complexity index is 497. The highest BCUT2D eigenvalue weighted by molar-refractivity contribution is 5.98. The molecule has 0 atom stereocenters. The van der Waals surface area contributed by atoms with Crippen LogP contribution in [0.5, 0.6) is 5.75 Å². The number of nitrogens with zero attached hydrogens (tertiary/aromatic N) is 1. The lowest BCUT2D eigenvalue weighted by molar-refractivity contribution is 0.0816. The first-order chi connectivity index (χ1) is 8.65. The predicted octanol–water partition coefficient (Wildman–Crippen LogP) is 2.91. The zero-order valence-electron chi connectivity index (χ0n) is 10.6. The van der Waals surface area contributed by atoms with E-state index in [0.29, 0.717) is 30.6 Å². The van der Waals surface area contributed by atoms with Crippen molar-refractivity contribution in [3.8, 4) is 5.75 Å². The number of hydrogen-bond donors (Lipinski definition) is 0. The molecule has 0 spiro atoms. The second kappa shape index (κ2) is 5.21. The number of ether oxygens (including phenoxy) is 1. The summed E-state index contributed by atoms with van der Waals surface area (Å²) in [7, 11) is 1.77. The van der Waals surface area contributed by atoms with Crippen LogP contribution in [0.1, 0.15) is 29.3 Å². The van der Waals surface area contributed by atoms with Crippen molar-refractivity contribution in [3.63, 3.8) is 0 Å². The maximum absolute atomic E-state index is 12.4. The van der Waals surface area contributed by atoms with E-state index in [1.165, 1.54) is 0 Å². The van der Waals surface area contributed by atoms with Crippen LogP contribution in [0.25, 0.3) is 0 Å². The fraction of sp³-hybridized carbons (Fsp3) is 0.357. The predicted molar refractivity (Wildman–Crippen MR) is 67.2 cm³/mol. The summed E-state index contributed by atoms with van der Waals surface area (Å²) < 4.78 is 17.9. The van der Waals surface area contributed by atoms with Crippen molar-refractivity contribution in [2.75, 3.05) is 13.7 Å². The summed E-state index contributed by atoms with van der Waals surface area (Å²) >= 11 is 0. The Kier molecular flexibility index (Phi) is 3.65. The number of rotatable bonds is 4. The van der Waals surface area contributed by atoms with E-state index in [1.54, 1.807) is 24.1 Å². The first kappa shape index (κ1) is 12.6. The Morgan fingerprint density at radius 2 is 2.33 bits per heavy atom. The zero-order chi connectivity index (χ0) is 13.1. The maximum Gasteiger partial charge on any atom is 0.254 e. The van der Waals surface area contributed by atoms with E-state index in [2.05, 4.69) is 0 Å². The molecule has 0 N–H and O–H groups in total. The summed E-state index contributed by atoms with van der Waals surface area (Å²) in [5, 5.41) is 0. The second-order valence-corrected chi connectivity index (χ2v) is 4.39. The molecule has 0 fully saturated rings. The number of amides is 1. The van der Waals surface area contributed by atoms with Crippen LogP contribution in [0.4, 0.5) is 4.39 Å². The maximum atomic E-state index is 12.4. The highest BCUT2D eigenvalue weighted by Crippen LogP contribution is 2.26. The molecule has 1 amide bonds. The molecule has 0 radical (unpaired) electrons. The number of carbonyl (C=O) groups is 1. The van der Waals surface area contributed by atoms with Crippen LogP contribution in [0.15, 0.2) is 30.1 Å². The van der Waals surface area contributed by atoms with Crippen molar-refractivity contribution < 1.29 is 13.9 Å². The first-order valence-corrected chi connectivity index (χ1v) is 5.95. The van der Waals surface area contributed by atoms with Gasteiger partial charge < -0.3 is 9.64 Å². The average molecular weight is 249 g/mol. The summed E-state index contributed by atoms with van der Waals surface area (Å²) in [5.74, 6) is 0.708. The zero-order valence-corrected chi connectivity index (χ0v) is 10.6. The highest BCUT2D eigenvalue weighted by atomic mass is 19.1. The third-order valence-corrected chi connectivity index (χ3v) is 3.09. The Balaban J connectivity index is 2.09. The molecule has 1 aromatic rings. The lowest BCUT2D eigenvalue weighted by Gasteiger charge is -2.08. The van der Waals surface area contributed by atoms with Gasteiger partial charge in [-0.1, -0.05) is 6.92 Å². The van der Waals surface area contributed by atoms with Gasteiger partial charge in [-0.2, -0.15) is 0 Å². The summed E-state index contributed by atoms with van der Waals surface area (Å²) in [5.41, 5.74) is 2.30. The van der Waals surface area contributed by atoms with Gasteiger partial charge >= 0.3 is 0 Å². The van der Waals surface area contributed by atoms with Crippen LogP contribution < -0.4 is 4.74 Å². The van der Waals surface area contributed by atoms with Crippen molar-refractivity contribution >= 4 is 5.91 Å². The van der Waals surface area contributed by atoms with Crippen molar-refractivity contribution in [3.05, 3.63) is 41.2 Å². The molecule has 0 saturated heterocycles. The van der Waals surface area contributed by atoms with E-state index in [4.69, 9.17) is 4.74 Å². The second-order valence-electron chi connectivity index (χ2n) is 4.39. The van der Waals surface area contributed by atoms with Gasteiger partial charge in [-0.05, 0) is 35.8 Å². The van der Waals surface area contributed by atoms with Gasteiger partial charge in [0.15, 0.2) is 0 Å². The third-order valence-electron chi connectivity index (χ3n) is 3.09. The number of fused-ring (bicyclic) bond motifs is 1. The molecule has 0 bridgehead atoms. The summed E-state index contributed by atoms with van der Waals surface area (Å²) in [6.45, 7) is 2.73. The molecule has 96 valence electrons. The van der Waals surface area contributed by atoms with Crippen LogP contribution in [-0.4, -0.2) is 24.5 Å². The minimum absolute atomic E-state index is 0.0365. The molecule has 2 rings (SSSR count). The van der Waals surface area contributed by atoms with Gasteiger partial charge in [0.2, 0.25) is 0 Å². The first-order valence-electron chi connectivity index (χ1n) is 5.95.